The van der Waals surface area contributed by atoms with E-state index in [0.29, 0.717) is 0 Å². The van der Waals surface area contributed by atoms with Crippen LogP contribution < -0.4 is 4.74 Å². The summed E-state index contributed by atoms with van der Waals surface area (Å²) in [5, 5.41) is 0.926. The van der Waals surface area contributed by atoms with Crippen LogP contribution in [0.1, 0.15) is 17.5 Å². The summed E-state index contributed by atoms with van der Waals surface area (Å²) in [5.41, 5.74) is 2.17. The second-order valence-electron chi connectivity index (χ2n) is 2.93. The van der Waals surface area contributed by atoms with E-state index in [1.165, 1.54) is 0 Å². The number of benzene rings is 1. The Morgan fingerprint density at radius 2 is 2.21 bits per heavy atom. The number of hydrogen-bond donors (Lipinski definition) is 0. The van der Waals surface area contributed by atoms with Gasteiger partial charge in [0.25, 0.3) is 0 Å². The van der Waals surface area contributed by atoms with E-state index >= 15 is 0 Å². The van der Waals surface area contributed by atoms with Crippen LogP contribution in [0.15, 0.2) is 18.2 Å². The molecule has 0 bridgehead atoms. The van der Waals surface area contributed by atoms with E-state index in [-0.39, 0.29) is 0 Å². The van der Waals surface area contributed by atoms with Gasteiger partial charge in [-0.05, 0) is 30.7 Å². The fourth-order valence-corrected chi connectivity index (χ4v) is 1.37. The average molecular weight is 253 g/mol. The van der Waals surface area contributed by atoms with Gasteiger partial charge < -0.3 is 4.74 Å². The van der Waals surface area contributed by atoms with E-state index < -0.39 is 0 Å². The highest BCUT2D eigenvalue weighted by Gasteiger charge is 1.96. The molecule has 2 heteroatoms. The smallest absolute Gasteiger partial charge is 0.121 e. The summed E-state index contributed by atoms with van der Waals surface area (Å²) in [6.07, 6.45) is 0.880. The number of halogens is 1. The van der Waals surface area contributed by atoms with Gasteiger partial charge in [0.05, 0.1) is 7.11 Å². The molecule has 14 heavy (non-hydrogen) atoms. The summed E-state index contributed by atoms with van der Waals surface area (Å²) >= 11 is 3.34. The van der Waals surface area contributed by atoms with Gasteiger partial charge in [-0.2, -0.15) is 0 Å². The van der Waals surface area contributed by atoms with Gasteiger partial charge in [0.15, 0.2) is 0 Å². The summed E-state index contributed by atoms with van der Waals surface area (Å²) in [4.78, 5) is 0. The van der Waals surface area contributed by atoms with E-state index in [9.17, 15) is 0 Å². The molecule has 0 N–H and O–H groups in total. The summed E-state index contributed by atoms with van der Waals surface area (Å²) in [5.74, 6) is 7.09. The van der Waals surface area contributed by atoms with Gasteiger partial charge in [-0.3, -0.25) is 0 Å². The molecule has 1 rings (SSSR count). The Morgan fingerprint density at radius 1 is 1.43 bits per heavy atom. The number of hydrogen-bond acceptors (Lipinski definition) is 1. The largest absolute Gasteiger partial charge is 0.496 e. The van der Waals surface area contributed by atoms with Gasteiger partial charge >= 0.3 is 0 Å². The van der Waals surface area contributed by atoms with Gasteiger partial charge in [-0.15, -0.1) is 0 Å². The van der Waals surface area contributed by atoms with Crippen molar-refractivity contribution in [2.45, 2.75) is 13.3 Å². The van der Waals surface area contributed by atoms with E-state index in [1.54, 1.807) is 7.11 Å². The standard InChI is InChI=1S/C12H13BrO/c1-10-9-11(5-3-4-8-13)6-7-12(10)14-2/h6-7,9H,4,8H2,1-2H3. The van der Waals surface area contributed by atoms with Crippen LogP contribution in [-0.4, -0.2) is 12.4 Å². The SMILES string of the molecule is COc1ccc(C#CCCBr)cc1C. The molecule has 0 fully saturated rings. The van der Waals surface area contributed by atoms with E-state index in [2.05, 4.69) is 27.8 Å². The Labute approximate surface area is 93.6 Å². The first-order valence-electron chi connectivity index (χ1n) is 4.47. The molecular formula is C12H13BrO. The topological polar surface area (TPSA) is 9.23 Å². The molecule has 0 atom stereocenters. The molecule has 0 heterocycles. The molecule has 0 aliphatic heterocycles. The second kappa shape index (κ2) is 5.72. The minimum atomic E-state index is 0.880. The molecular weight excluding hydrogens is 240 g/mol. The average Bonchev–Trinajstić information content (AvgIpc) is 2.18. The molecule has 0 radical (unpaired) electrons. The third-order valence-corrected chi connectivity index (χ3v) is 2.24. The van der Waals surface area contributed by atoms with Crippen LogP contribution in [0, 0.1) is 18.8 Å². The van der Waals surface area contributed by atoms with Crippen LogP contribution in [0.5, 0.6) is 5.75 Å². The maximum Gasteiger partial charge on any atom is 0.121 e. The Morgan fingerprint density at radius 3 is 2.79 bits per heavy atom. The normalized spacial score (nSPS) is 9.07. The molecule has 0 saturated heterocycles. The third kappa shape index (κ3) is 3.08. The molecule has 0 aromatic heterocycles. The van der Waals surface area contributed by atoms with Crippen molar-refractivity contribution in [1.82, 2.24) is 0 Å². The van der Waals surface area contributed by atoms with E-state index in [0.717, 1.165) is 28.6 Å². The van der Waals surface area contributed by atoms with Crippen LogP contribution in [0.25, 0.3) is 0 Å². The summed E-state index contributed by atoms with van der Waals surface area (Å²) < 4.78 is 5.17. The lowest BCUT2D eigenvalue weighted by Gasteiger charge is -2.03. The Hall–Kier alpha value is -0.940. The fourth-order valence-electron chi connectivity index (χ4n) is 1.17. The van der Waals surface area contributed by atoms with Gasteiger partial charge in [0.1, 0.15) is 5.75 Å². The van der Waals surface area contributed by atoms with Crippen LogP contribution in [0.2, 0.25) is 0 Å². The quantitative estimate of drug-likeness (QED) is 0.581. The molecule has 0 spiro atoms. The van der Waals surface area contributed by atoms with Gasteiger partial charge in [-0.25, -0.2) is 0 Å². The number of rotatable bonds is 2. The maximum atomic E-state index is 5.17. The first kappa shape index (κ1) is 11.1. The highest BCUT2D eigenvalue weighted by molar-refractivity contribution is 9.09. The molecule has 0 unspecified atom stereocenters. The van der Waals surface area contributed by atoms with Crippen LogP contribution in [-0.2, 0) is 0 Å². The molecule has 0 aliphatic carbocycles. The summed E-state index contributed by atoms with van der Waals surface area (Å²) in [7, 11) is 1.68. The number of ether oxygens (including phenoxy) is 1. The van der Waals surface area contributed by atoms with Crippen molar-refractivity contribution in [2.75, 3.05) is 12.4 Å². The zero-order valence-corrected chi connectivity index (χ0v) is 10.0. The first-order valence-corrected chi connectivity index (χ1v) is 5.59. The molecule has 1 nitrogen and oxygen atoms in total. The minimum absolute atomic E-state index is 0.880. The summed E-state index contributed by atoms with van der Waals surface area (Å²) in [6, 6.07) is 5.97. The first-order chi connectivity index (χ1) is 6.77. The highest BCUT2D eigenvalue weighted by Crippen LogP contribution is 2.17. The lowest BCUT2D eigenvalue weighted by Crippen LogP contribution is -1.87. The summed E-state index contributed by atoms with van der Waals surface area (Å²) in [6.45, 7) is 2.02. The van der Waals surface area contributed by atoms with Crippen molar-refractivity contribution in [3.8, 4) is 17.6 Å². The van der Waals surface area contributed by atoms with Crippen LogP contribution in [0.4, 0.5) is 0 Å². The zero-order chi connectivity index (χ0) is 10.4. The Kier molecular flexibility index (Phi) is 4.55. The highest BCUT2D eigenvalue weighted by atomic mass is 79.9. The second-order valence-corrected chi connectivity index (χ2v) is 3.72. The van der Waals surface area contributed by atoms with Crippen molar-refractivity contribution in [2.24, 2.45) is 0 Å². The fraction of sp³-hybridized carbons (Fsp3) is 0.333. The number of alkyl halides is 1. The monoisotopic (exact) mass is 252 g/mol. The van der Waals surface area contributed by atoms with Crippen molar-refractivity contribution in [1.29, 1.82) is 0 Å². The molecule has 0 amide bonds. The lowest BCUT2D eigenvalue weighted by molar-refractivity contribution is 0.411. The number of aryl methyl sites for hydroxylation is 1. The zero-order valence-electron chi connectivity index (χ0n) is 8.43. The van der Waals surface area contributed by atoms with Crippen molar-refractivity contribution < 1.29 is 4.74 Å². The molecule has 1 aromatic carbocycles. The lowest BCUT2D eigenvalue weighted by atomic mass is 10.1. The van der Waals surface area contributed by atoms with Crippen molar-refractivity contribution in [3.63, 3.8) is 0 Å². The molecule has 0 aliphatic rings. The van der Waals surface area contributed by atoms with Gasteiger partial charge in [0.2, 0.25) is 0 Å². The number of methoxy groups -OCH3 is 1. The predicted octanol–water partition coefficient (Wildman–Crippen LogP) is 3.14. The third-order valence-electron chi connectivity index (χ3n) is 1.85. The van der Waals surface area contributed by atoms with E-state index in [1.807, 2.05) is 25.1 Å². The molecule has 74 valence electrons. The van der Waals surface area contributed by atoms with Gasteiger partial charge in [-0.1, -0.05) is 27.8 Å². The maximum absolute atomic E-state index is 5.17. The van der Waals surface area contributed by atoms with Crippen LogP contribution >= 0.6 is 15.9 Å². The van der Waals surface area contributed by atoms with Crippen molar-refractivity contribution >= 4 is 15.9 Å². The van der Waals surface area contributed by atoms with E-state index in [4.69, 9.17) is 4.74 Å². The predicted molar refractivity (Wildman–Crippen MR) is 63.0 cm³/mol. The Bertz CT molecular complexity index is 360. The van der Waals surface area contributed by atoms with Crippen LogP contribution in [0.3, 0.4) is 0 Å². The van der Waals surface area contributed by atoms with Crippen molar-refractivity contribution in [3.05, 3.63) is 29.3 Å². The Balaban J connectivity index is 2.82. The molecule has 0 saturated carbocycles. The minimum Gasteiger partial charge on any atom is -0.496 e. The molecule has 1 aromatic rings. The van der Waals surface area contributed by atoms with Gasteiger partial charge in [0, 0.05) is 17.3 Å².